The summed E-state index contributed by atoms with van der Waals surface area (Å²) in [5.41, 5.74) is 2.60. The first kappa shape index (κ1) is 19.9. The molecule has 0 amide bonds. The molecule has 5 rings (SSSR count). The van der Waals surface area contributed by atoms with Crippen molar-refractivity contribution in [2.75, 3.05) is 0 Å². The predicted octanol–water partition coefficient (Wildman–Crippen LogP) is 5.19. The Morgan fingerprint density at radius 1 is 1.19 bits per heavy atom. The average molecular weight is 437 g/mol. The Hall–Kier alpha value is -3.03. The minimum Gasteiger partial charge on any atom is -0.438 e. The van der Waals surface area contributed by atoms with Crippen LogP contribution in [0.25, 0.3) is 21.2 Å². The number of halogens is 1. The fourth-order valence-electron chi connectivity index (χ4n) is 3.92. The Balaban J connectivity index is 1.74. The summed E-state index contributed by atoms with van der Waals surface area (Å²) < 4.78 is 22.4. The summed E-state index contributed by atoms with van der Waals surface area (Å²) in [6.07, 6.45) is 4.78. The van der Waals surface area contributed by atoms with Crippen LogP contribution >= 0.6 is 11.3 Å². The number of aliphatic hydroxyl groups is 1. The van der Waals surface area contributed by atoms with Gasteiger partial charge in [-0.1, -0.05) is 0 Å². The van der Waals surface area contributed by atoms with Gasteiger partial charge in [0.05, 0.1) is 11.0 Å². The van der Waals surface area contributed by atoms with Crippen LogP contribution < -0.4 is 10.3 Å². The Labute approximate surface area is 182 Å². The van der Waals surface area contributed by atoms with E-state index in [4.69, 9.17) is 4.74 Å². The zero-order chi connectivity index (χ0) is 21.9. The molecule has 1 aliphatic carbocycles. The maximum Gasteiger partial charge on any atom is 0.259 e. The van der Waals surface area contributed by atoms with Crippen LogP contribution in [0.1, 0.15) is 29.5 Å². The van der Waals surface area contributed by atoms with Crippen LogP contribution in [0.4, 0.5) is 4.39 Å². The number of pyridine rings is 2. The van der Waals surface area contributed by atoms with Gasteiger partial charge in [0, 0.05) is 40.8 Å². The van der Waals surface area contributed by atoms with Crippen LogP contribution in [0.3, 0.4) is 0 Å². The Morgan fingerprint density at radius 3 is 2.58 bits per heavy atom. The third-order valence-electron chi connectivity index (χ3n) is 5.81. The standard InChI is InChI=1S/C24H21FN2O3S/c1-13-8-16(25)9-14(2)20(13)30-22-18(10-15(11-26-22)24(29)5-6-24)19-12-27(3)23(28)17-4-7-31-21(17)19/h4,7-12,29H,5-6H2,1-3H3. The van der Waals surface area contributed by atoms with Crippen LogP contribution in [0.5, 0.6) is 11.6 Å². The summed E-state index contributed by atoms with van der Waals surface area (Å²) in [5, 5.41) is 13.2. The largest absolute Gasteiger partial charge is 0.438 e. The molecule has 1 N–H and O–H groups in total. The van der Waals surface area contributed by atoms with Gasteiger partial charge in [0.15, 0.2) is 0 Å². The SMILES string of the molecule is Cc1cc(F)cc(C)c1Oc1ncc(C2(O)CC2)cc1-c1cn(C)c(=O)c2ccsc12. The zero-order valence-electron chi connectivity index (χ0n) is 17.4. The van der Waals surface area contributed by atoms with Crippen molar-refractivity contribution >= 4 is 21.4 Å². The Kier molecular flexibility index (Phi) is 4.50. The molecule has 1 saturated carbocycles. The van der Waals surface area contributed by atoms with Crippen molar-refractivity contribution in [3.63, 3.8) is 0 Å². The van der Waals surface area contributed by atoms with Crippen molar-refractivity contribution in [2.45, 2.75) is 32.3 Å². The molecule has 0 aliphatic heterocycles. The highest BCUT2D eigenvalue weighted by Crippen LogP contribution is 2.48. The minimum atomic E-state index is -0.864. The Bertz CT molecular complexity index is 1380. The minimum absolute atomic E-state index is 0.0716. The summed E-state index contributed by atoms with van der Waals surface area (Å²) in [5.74, 6) is 0.569. The van der Waals surface area contributed by atoms with Crippen LogP contribution in [0.15, 0.2) is 46.8 Å². The van der Waals surface area contributed by atoms with Gasteiger partial charge in [0.2, 0.25) is 5.88 Å². The van der Waals surface area contributed by atoms with E-state index in [-0.39, 0.29) is 11.4 Å². The van der Waals surface area contributed by atoms with Gasteiger partial charge in [0.25, 0.3) is 5.56 Å². The predicted molar refractivity (Wildman–Crippen MR) is 119 cm³/mol. The van der Waals surface area contributed by atoms with Gasteiger partial charge in [-0.3, -0.25) is 4.79 Å². The van der Waals surface area contributed by atoms with Gasteiger partial charge in [0.1, 0.15) is 11.6 Å². The van der Waals surface area contributed by atoms with Crippen molar-refractivity contribution in [1.82, 2.24) is 9.55 Å². The average Bonchev–Trinajstić information content (AvgIpc) is 3.28. The van der Waals surface area contributed by atoms with Crippen LogP contribution in [0, 0.1) is 19.7 Å². The molecule has 1 aliphatic rings. The number of thiophene rings is 1. The van der Waals surface area contributed by atoms with Gasteiger partial charge >= 0.3 is 0 Å². The van der Waals surface area contributed by atoms with Gasteiger partial charge < -0.3 is 14.4 Å². The molecule has 0 spiro atoms. The molecule has 0 radical (unpaired) electrons. The number of aromatic nitrogens is 2. The van der Waals surface area contributed by atoms with E-state index in [1.807, 2.05) is 17.5 Å². The molecule has 31 heavy (non-hydrogen) atoms. The molecule has 1 aromatic carbocycles. The molecular weight excluding hydrogens is 415 g/mol. The quantitative estimate of drug-likeness (QED) is 0.478. The van der Waals surface area contributed by atoms with Crippen molar-refractivity contribution < 1.29 is 14.2 Å². The van der Waals surface area contributed by atoms with E-state index in [2.05, 4.69) is 4.98 Å². The van der Waals surface area contributed by atoms with E-state index >= 15 is 0 Å². The molecule has 3 heterocycles. The van der Waals surface area contributed by atoms with E-state index in [9.17, 15) is 14.3 Å². The molecule has 1 fully saturated rings. The van der Waals surface area contributed by atoms with Crippen molar-refractivity contribution in [1.29, 1.82) is 0 Å². The van der Waals surface area contributed by atoms with E-state index in [0.29, 0.717) is 46.5 Å². The first-order valence-electron chi connectivity index (χ1n) is 10.0. The molecule has 4 aromatic rings. The van der Waals surface area contributed by atoms with E-state index < -0.39 is 5.60 Å². The number of aryl methyl sites for hydroxylation is 3. The highest BCUT2D eigenvalue weighted by Gasteiger charge is 2.43. The molecule has 158 valence electrons. The second-order valence-corrected chi connectivity index (χ2v) is 9.12. The number of nitrogens with zero attached hydrogens (tertiary/aromatic N) is 2. The fourth-order valence-corrected chi connectivity index (χ4v) is 4.83. The van der Waals surface area contributed by atoms with Crippen LogP contribution in [0.2, 0.25) is 0 Å². The van der Waals surface area contributed by atoms with Gasteiger partial charge in [-0.15, -0.1) is 11.3 Å². The maximum absolute atomic E-state index is 13.8. The lowest BCUT2D eigenvalue weighted by molar-refractivity contribution is 0.151. The summed E-state index contributed by atoms with van der Waals surface area (Å²) in [6, 6.07) is 6.55. The summed E-state index contributed by atoms with van der Waals surface area (Å²) in [6.45, 7) is 3.58. The summed E-state index contributed by atoms with van der Waals surface area (Å²) in [4.78, 5) is 17.1. The van der Waals surface area contributed by atoms with Crippen molar-refractivity contribution in [3.05, 3.63) is 74.9 Å². The molecule has 5 nitrogen and oxygen atoms in total. The smallest absolute Gasteiger partial charge is 0.259 e. The van der Waals surface area contributed by atoms with Crippen LogP contribution in [-0.2, 0) is 12.6 Å². The summed E-state index contributed by atoms with van der Waals surface area (Å²) >= 11 is 1.48. The Morgan fingerprint density at radius 2 is 1.90 bits per heavy atom. The third-order valence-corrected chi connectivity index (χ3v) is 6.76. The highest BCUT2D eigenvalue weighted by molar-refractivity contribution is 7.17. The molecule has 0 unspecified atom stereocenters. The lowest BCUT2D eigenvalue weighted by atomic mass is 10.0. The van der Waals surface area contributed by atoms with Crippen LogP contribution in [-0.4, -0.2) is 14.7 Å². The molecule has 0 saturated heterocycles. The zero-order valence-corrected chi connectivity index (χ0v) is 18.2. The fraction of sp³-hybridized carbons (Fsp3) is 0.250. The number of ether oxygens (including phenoxy) is 1. The normalized spacial score (nSPS) is 14.7. The van der Waals surface area contributed by atoms with Gasteiger partial charge in [-0.2, -0.15) is 0 Å². The monoisotopic (exact) mass is 436 g/mol. The van der Waals surface area contributed by atoms with Gasteiger partial charge in [-0.05, 0) is 67.5 Å². The number of hydrogen-bond donors (Lipinski definition) is 1. The maximum atomic E-state index is 13.8. The van der Waals surface area contributed by atoms with Gasteiger partial charge in [-0.25, -0.2) is 9.37 Å². The second-order valence-electron chi connectivity index (χ2n) is 8.20. The third kappa shape index (κ3) is 3.34. The number of fused-ring (bicyclic) bond motifs is 1. The number of rotatable bonds is 4. The molecule has 0 atom stereocenters. The van der Waals surface area contributed by atoms with Crippen molar-refractivity contribution in [3.8, 4) is 22.8 Å². The number of hydrogen-bond acceptors (Lipinski definition) is 5. The number of benzene rings is 1. The molecule has 3 aromatic heterocycles. The van der Waals surface area contributed by atoms with E-state index in [0.717, 1.165) is 15.8 Å². The first-order valence-corrected chi connectivity index (χ1v) is 10.9. The second kappa shape index (κ2) is 7.00. The molecule has 0 bridgehead atoms. The lowest BCUT2D eigenvalue weighted by Crippen LogP contribution is -2.16. The lowest BCUT2D eigenvalue weighted by Gasteiger charge is -2.17. The van der Waals surface area contributed by atoms with E-state index in [1.165, 1.54) is 23.5 Å². The topological polar surface area (TPSA) is 64.3 Å². The van der Waals surface area contributed by atoms with E-state index in [1.54, 1.807) is 37.9 Å². The highest BCUT2D eigenvalue weighted by atomic mass is 32.1. The van der Waals surface area contributed by atoms with Crippen molar-refractivity contribution in [2.24, 2.45) is 7.05 Å². The molecular formula is C24H21FN2O3S. The molecule has 7 heteroatoms. The summed E-state index contributed by atoms with van der Waals surface area (Å²) in [7, 11) is 1.71. The first-order chi connectivity index (χ1) is 14.8.